The Morgan fingerprint density at radius 2 is 2.00 bits per heavy atom. The van der Waals surface area contributed by atoms with Crippen molar-refractivity contribution < 1.29 is 4.21 Å². The highest BCUT2D eigenvalue weighted by molar-refractivity contribution is 7.93. The van der Waals surface area contributed by atoms with Gasteiger partial charge in [-0.05, 0) is 37.5 Å². The third-order valence-corrected chi connectivity index (χ3v) is 5.68. The molecule has 0 saturated carbocycles. The lowest BCUT2D eigenvalue weighted by atomic mass is 10.1. The smallest absolute Gasteiger partial charge is 0.102 e. The molecule has 1 fully saturated rings. The number of rotatable bonds is 3. The van der Waals surface area contributed by atoms with E-state index in [-0.39, 0.29) is 0 Å². The first-order chi connectivity index (χ1) is 9.93. The van der Waals surface area contributed by atoms with Crippen molar-refractivity contribution in [2.24, 2.45) is 9.36 Å². The summed E-state index contributed by atoms with van der Waals surface area (Å²) < 4.78 is 17.0. The Labute approximate surface area is 126 Å². The molecule has 0 amide bonds. The summed E-state index contributed by atoms with van der Waals surface area (Å²) in [6, 6.07) is 5.74. The van der Waals surface area contributed by atoms with Crippen molar-refractivity contribution in [3.05, 3.63) is 23.3 Å². The number of hydrogen-bond donors (Lipinski definition) is 0. The zero-order valence-corrected chi connectivity index (χ0v) is 13.5. The fourth-order valence-electron chi connectivity index (χ4n) is 2.27. The lowest BCUT2D eigenvalue weighted by Gasteiger charge is -2.07. The fourth-order valence-corrected chi connectivity index (χ4v) is 4.45. The van der Waals surface area contributed by atoms with Gasteiger partial charge in [-0.3, -0.25) is 0 Å². The molecule has 1 aromatic carbocycles. The summed E-state index contributed by atoms with van der Waals surface area (Å²) in [5.41, 5.74) is 2.58. The monoisotopic (exact) mass is 304 g/mol. The van der Waals surface area contributed by atoms with Crippen LogP contribution in [0.4, 0.5) is 11.4 Å². The molecular weight excluding hydrogens is 284 g/mol. The average molecular weight is 304 g/mol. The molecule has 1 aromatic rings. The highest BCUT2D eigenvalue weighted by Gasteiger charge is 2.17. The maximum atomic E-state index is 12.5. The minimum absolute atomic E-state index is 0.536. The van der Waals surface area contributed by atoms with Gasteiger partial charge in [0.25, 0.3) is 0 Å². The van der Waals surface area contributed by atoms with Crippen LogP contribution >= 0.6 is 0 Å². The maximum Gasteiger partial charge on any atom is 0.102 e. The molecule has 0 N–H and O–H groups in total. The van der Waals surface area contributed by atoms with Gasteiger partial charge in [0.1, 0.15) is 6.07 Å². The quantitative estimate of drug-likeness (QED) is 0.637. The van der Waals surface area contributed by atoms with Crippen molar-refractivity contribution in [3.63, 3.8) is 0 Å². The summed E-state index contributed by atoms with van der Waals surface area (Å²) in [7, 11) is 1.62. The van der Waals surface area contributed by atoms with E-state index in [1.54, 1.807) is 17.3 Å². The Morgan fingerprint density at radius 1 is 1.33 bits per heavy atom. The summed E-state index contributed by atoms with van der Waals surface area (Å²) in [5.74, 6) is 1.34. The average Bonchev–Trinajstić information content (AvgIpc) is 2.82. The van der Waals surface area contributed by atoms with E-state index in [0.717, 1.165) is 18.4 Å². The van der Waals surface area contributed by atoms with Gasteiger partial charge in [0.05, 0.1) is 33.0 Å². The number of nitrogens with zero attached hydrogens (tertiary/aromatic N) is 4. The molecule has 0 atom stereocenters. The van der Waals surface area contributed by atoms with Crippen molar-refractivity contribution in [1.29, 1.82) is 5.26 Å². The van der Waals surface area contributed by atoms with Gasteiger partial charge in [-0.25, -0.2) is 9.20 Å². The van der Waals surface area contributed by atoms with Gasteiger partial charge in [-0.2, -0.15) is 9.62 Å². The normalized spacial score (nSPS) is 16.9. The first kappa shape index (κ1) is 15.5. The van der Waals surface area contributed by atoms with E-state index in [2.05, 4.69) is 15.4 Å². The molecule has 0 radical (unpaired) electrons. The first-order valence-electron chi connectivity index (χ1n) is 6.91. The number of aliphatic imine (C=N–C) groups is 1. The molecule has 1 aliphatic rings. The van der Waals surface area contributed by atoms with Crippen LogP contribution in [-0.4, -0.2) is 41.0 Å². The molecule has 0 aromatic heterocycles. The molecule has 0 unspecified atom stereocenters. The number of hydrogen-bond acceptors (Lipinski definition) is 4. The van der Waals surface area contributed by atoms with E-state index in [9.17, 15) is 9.47 Å². The Bertz CT molecular complexity index is 710. The van der Waals surface area contributed by atoms with Gasteiger partial charge in [-0.1, -0.05) is 0 Å². The third-order valence-electron chi connectivity index (χ3n) is 3.29. The zero-order valence-electron chi connectivity index (χ0n) is 12.7. The summed E-state index contributed by atoms with van der Waals surface area (Å²) >= 11 is 0. The van der Waals surface area contributed by atoms with Gasteiger partial charge < -0.3 is 4.90 Å². The van der Waals surface area contributed by atoms with Crippen LogP contribution in [0.3, 0.4) is 0 Å². The van der Waals surface area contributed by atoms with Crippen molar-refractivity contribution in [2.45, 2.75) is 19.8 Å². The van der Waals surface area contributed by atoms with E-state index >= 15 is 0 Å². The van der Waals surface area contributed by atoms with Gasteiger partial charge in [0, 0.05) is 25.6 Å². The van der Waals surface area contributed by atoms with E-state index in [4.69, 9.17) is 0 Å². The van der Waals surface area contributed by atoms with Crippen LogP contribution in [0.25, 0.3) is 0 Å². The second-order valence-corrected chi connectivity index (χ2v) is 8.00. The minimum Gasteiger partial charge on any atom is -0.369 e. The molecular formula is C15H20N4OS. The summed E-state index contributed by atoms with van der Waals surface area (Å²) in [6.45, 7) is 1.85. The molecule has 5 nitrogen and oxygen atoms in total. The van der Waals surface area contributed by atoms with Crippen molar-refractivity contribution in [2.75, 3.05) is 25.6 Å². The van der Waals surface area contributed by atoms with Crippen LogP contribution < -0.4 is 0 Å². The maximum absolute atomic E-state index is 12.5. The molecule has 2 rings (SSSR count). The Kier molecular flexibility index (Phi) is 4.63. The molecule has 6 heteroatoms. The van der Waals surface area contributed by atoms with Crippen LogP contribution in [0.2, 0.25) is 0 Å². The summed E-state index contributed by atoms with van der Waals surface area (Å²) in [5, 5.41) is 9.27. The molecule has 0 bridgehead atoms. The number of nitriles is 1. The van der Waals surface area contributed by atoms with Gasteiger partial charge in [-0.15, -0.1) is 0 Å². The highest BCUT2D eigenvalue weighted by Crippen LogP contribution is 2.30. The summed E-state index contributed by atoms with van der Waals surface area (Å²) in [6.07, 6.45) is 3.60. The largest absolute Gasteiger partial charge is 0.369 e. The van der Waals surface area contributed by atoms with E-state index < -0.39 is 9.73 Å². The van der Waals surface area contributed by atoms with E-state index in [0.29, 0.717) is 28.4 Å². The Morgan fingerprint density at radius 3 is 2.57 bits per heavy atom. The Hall–Kier alpha value is -1.87. The van der Waals surface area contributed by atoms with Crippen molar-refractivity contribution in [3.8, 4) is 6.07 Å². The molecule has 0 spiro atoms. The van der Waals surface area contributed by atoms with Crippen LogP contribution in [0, 0.1) is 18.3 Å². The van der Waals surface area contributed by atoms with Crippen molar-refractivity contribution in [1.82, 2.24) is 4.90 Å². The Balaban J connectivity index is 2.51. The molecule has 21 heavy (non-hydrogen) atoms. The van der Waals surface area contributed by atoms with E-state index in [1.807, 2.05) is 27.1 Å². The molecule has 112 valence electrons. The molecule has 1 heterocycles. The van der Waals surface area contributed by atoms with Crippen LogP contribution in [0.15, 0.2) is 21.5 Å². The number of aryl methyl sites for hydroxylation is 1. The molecule has 0 aliphatic carbocycles. The fraction of sp³-hybridized carbons (Fsp3) is 0.467. The lowest BCUT2D eigenvalue weighted by Crippen LogP contribution is -2.07. The summed E-state index contributed by atoms with van der Waals surface area (Å²) in [4.78, 5) is 6.12. The second-order valence-electron chi connectivity index (χ2n) is 5.46. The molecule has 1 aliphatic heterocycles. The predicted octanol–water partition coefficient (Wildman–Crippen LogP) is 2.98. The SMILES string of the molecule is Cc1cc(N=S2(=O)CCCC2)cc(/N=C\N(C)C)c1C#N. The van der Waals surface area contributed by atoms with Crippen LogP contribution in [0.5, 0.6) is 0 Å². The lowest BCUT2D eigenvalue weighted by molar-refractivity contribution is 0.643. The number of benzene rings is 1. The highest BCUT2D eigenvalue weighted by atomic mass is 32.2. The van der Waals surface area contributed by atoms with Gasteiger partial charge in [0.15, 0.2) is 0 Å². The second kappa shape index (κ2) is 6.27. The topological polar surface area (TPSA) is 68.8 Å². The third kappa shape index (κ3) is 3.82. The van der Waals surface area contributed by atoms with Crippen molar-refractivity contribution >= 4 is 27.4 Å². The predicted molar refractivity (Wildman–Crippen MR) is 86.9 cm³/mol. The van der Waals surface area contributed by atoms with Gasteiger partial charge >= 0.3 is 0 Å². The first-order valence-corrected chi connectivity index (χ1v) is 8.77. The van der Waals surface area contributed by atoms with Gasteiger partial charge in [0.2, 0.25) is 0 Å². The van der Waals surface area contributed by atoms with Crippen LogP contribution in [-0.2, 0) is 9.73 Å². The molecule has 1 saturated heterocycles. The minimum atomic E-state index is -2.11. The van der Waals surface area contributed by atoms with Crippen LogP contribution in [0.1, 0.15) is 24.0 Å². The van der Waals surface area contributed by atoms with E-state index in [1.165, 1.54) is 0 Å². The standard InChI is InChI=1S/C15H20N4OS/c1-12-8-13(18-21(20)6-4-5-7-21)9-15(14(12)10-16)17-11-19(2)3/h8-9,11H,4-7H2,1-3H3/b17-11-. The zero-order chi connectivity index (χ0) is 15.5.